The normalized spacial score (nSPS) is 13.7. The van der Waals surface area contributed by atoms with Crippen LogP contribution in [0.4, 0.5) is 4.39 Å². The van der Waals surface area contributed by atoms with Crippen LogP contribution in [-0.4, -0.2) is 66.2 Å². The van der Waals surface area contributed by atoms with Gasteiger partial charge in [0.25, 0.3) is 5.56 Å². The van der Waals surface area contributed by atoms with Crippen molar-refractivity contribution in [3.63, 3.8) is 0 Å². The topological polar surface area (TPSA) is 160 Å². The van der Waals surface area contributed by atoms with E-state index in [1.54, 1.807) is 31.2 Å². The number of methoxy groups -OCH3 is 1. The second-order valence-corrected chi connectivity index (χ2v) is 13.3. The van der Waals surface area contributed by atoms with Crippen LogP contribution in [0, 0.1) is 12.7 Å². The lowest BCUT2D eigenvalue weighted by Crippen LogP contribution is -2.53. The fourth-order valence-corrected chi connectivity index (χ4v) is 6.57. The molecule has 5 aromatic rings. The number of esters is 1. The van der Waals surface area contributed by atoms with E-state index < -0.39 is 46.9 Å². The number of aromatic nitrogens is 5. The molecule has 3 heterocycles. The SMILES string of the molecule is COc1ccc(F)cc1[C@H](Cn1c(=O)n(C(C)(C)C(=O)OCc2ccccc2)c(=O)c2c(C)c(-n3nccn3)sc21)OCCC(C)(O)CO. The van der Waals surface area contributed by atoms with Crippen LogP contribution < -0.4 is 16.0 Å². The molecule has 49 heavy (non-hydrogen) atoms. The van der Waals surface area contributed by atoms with Gasteiger partial charge in [-0.25, -0.2) is 18.5 Å². The van der Waals surface area contributed by atoms with Crippen molar-refractivity contribution in [3.05, 3.63) is 104 Å². The first-order valence-corrected chi connectivity index (χ1v) is 16.3. The number of nitrogens with zero attached hydrogens (tertiary/aromatic N) is 5. The Morgan fingerprint density at radius 3 is 2.43 bits per heavy atom. The fraction of sp³-hybridized carbons (Fsp3) is 0.382. The quantitative estimate of drug-likeness (QED) is 0.164. The summed E-state index contributed by atoms with van der Waals surface area (Å²) in [6, 6.07) is 12.9. The molecule has 260 valence electrons. The minimum Gasteiger partial charge on any atom is -0.496 e. The first kappa shape index (κ1) is 35.6. The Morgan fingerprint density at radius 2 is 1.78 bits per heavy atom. The van der Waals surface area contributed by atoms with Crippen LogP contribution in [0.15, 0.2) is 70.5 Å². The lowest BCUT2D eigenvalue weighted by molar-refractivity contribution is -0.154. The van der Waals surface area contributed by atoms with E-state index >= 15 is 0 Å². The molecule has 0 aliphatic carbocycles. The van der Waals surface area contributed by atoms with Crippen LogP contribution in [0.1, 0.15) is 50.0 Å². The van der Waals surface area contributed by atoms with Crippen LogP contribution in [0.3, 0.4) is 0 Å². The van der Waals surface area contributed by atoms with Gasteiger partial charge in [-0.15, -0.1) is 4.80 Å². The van der Waals surface area contributed by atoms with Crippen LogP contribution >= 0.6 is 11.3 Å². The van der Waals surface area contributed by atoms with E-state index in [0.29, 0.717) is 10.6 Å². The van der Waals surface area contributed by atoms with E-state index in [4.69, 9.17) is 14.2 Å². The molecule has 3 aromatic heterocycles. The van der Waals surface area contributed by atoms with Gasteiger partial charge in [-0.3, -0.25) is 9.36 Å². The minimum absolute atomic E-state index is 0.00888. The zero-order valence-corrected chi connectivity index (χ0v) is 28.6. The highest BCUT2D eigenvalue weighted by molar-refractivity contribution is 7.21. The summed E-state index contributed by atoms with van der Waals surface area (Å²) < 4.78 is 34.1. The lowest BCUT2D eigenvalue weighted by Gasteiger charge is -2.28. The number of halogens is 1. The van der Waals surface area contributed by atoms with E-state index in [2.05, 4.69) is 10.2 Å². The third kappa shape index (κ3) is 7.34. The molecule has 0 aliphatic rings. The Kier molecular flexibility index (Phi) is 10.5. The second kappa shape index (κ2) is 14.4. The molecule has 2 atom stereocenters. The summed E-state index contributed by atoms with van der Waals surface area (Å²) in [5.74, 6) is -1.13. The Labute approximate surface area is 284 Å². The molecule has 1 unspecified atom stereocenters. The van der Waals surface area contributed by atoms with Crippen LogP contribution in [0.25, 0.3) is 15.2 Å². The number of aliphatic hydroxyl groups excluding tert-OH is 1. The molecular weight excluding hydrogens is 657 g/mol. The summed E-state index contributed by atoms with van der Waals surface area (Å²) in [4.78, 5) is 44.0. The first-order valence-electron chi connectivity index (χ1n) is 15.4. The molecule has 0 bridgehead atoms. The van der Waals surface area contributed by atoms with E-state index in [-0.39, 0.29) is 47.7 Å². The number of rotatable bonds is 14. The van der Waals surface area contributed by atoms with E-state index in [9.17, 15) is 29.0 Å². The molecular formula is C34H38FN5O8S. The minimum atomic E-state index is -1.77. The highest BCUT2D eigenvalue weighted by atomic mass is 32.1. The maximum absolute atomic E-state index is 14.7. The van der Waals surface area contributed by atoms with Crippen molar-refractivity contribution >= 4 is 27.5 Å². The Bertz CT molecular complexity index is 2050. The molecule has 0 aliphatic heterocycles. The average molecular weight is 696 g/mol. The van der Waals surface area contributed by atoms with Gasteiger partial charge in [-0.1, -0.05) is 41.7 Å². The Balaban J connectivity index is 1.69. The van der Waals surface area contributed by atoms with Crippen molar-refractivity contribution in [1.82, 2.24) is 24.1 Å². The van der Waals surface area contributed by atoms with Gasteiger partial charge in [-0.2, -0.15) is 10.2 Å². The van der Waals surface area contributed by atoms with Gasteiger partial charge in [0.15, 0.2) is 0 Å². The highest BCUT2D eigenvalue weighted by Crippen LogP contribution is 2.34. The van der Waals surface area contributed by atoms with Gasteiger partial charge in [0.2, 0.25) is 0 Å². The standard InChI is InChI=1S/C34H38FN5O8S/c1-21-27-28(42)39(33(2,3)31(43)48-19-22-9-7-6-8-10-22)32(44)38(30(27)49-29(21)40-36-14-15-37-40)18-26(47-16-13-34(4,45)20-41)24-17-23(35)11-12-25(24)46-5/h6-12,14-15,17,26,41,45H,13,16,18-20H2,1-5H3/t26-,34?/m0/s1. The monoisotopic (exact) mass is 695 g/mol. The van der Waals surface area contributed by atoms with Crippen molar-refractivity contribution < 1.29 is 33.6 Å². The summed E-state index contributed by atoms with van der Waals surface area (Å²) in [5, 5.41) is 29.0. The van der Waals surface area contributed by atoms with Crippen LogP contribution in [-0.2, 0) is 33.0 Å². The zero-order chi connectivity index (χ0) is 35.5. The summed E-state index contributed by atoms with van der Waals surface area (Å²) in [6.07, 6.45) is 1.90. The summed E-state index contributed by atoms with van der Waals surface area (Å²) in [7, 11) is 1.41. The summed E-state index contributed by atoms with van der Waals surface area (Å²) in [6.45, 7) is 5.03. The molecule has 2 aromatic carbocycles. The van der Waals surface area contributed by atoms with Crippen LogP contribution in [0.2, 0.25) is 0 Å². The zero-order valence-electron chi connectivity index (χ0n) is 27.8. The van der Waals surface area contributed by atoms with Gasteiger partial charge in [-0.05, 0) is 51.5 Å². The molecule has 0 saturated carbocycles. The van der Waals surface area contributed by atoms with Gasteiger partial charge in [0.05, 0.1) is 50.2 Å². The van der Waals surface area contributed by atoms with Crippen molar-refractivity contribution in [2.24, 2.45) is 0 Å². The largest absolute Gasteiger partial charge is 0.496 e. The summed E-state index contributed by atoms with van der Waals surface area (Å²) in [5.41, 5.74) is -3.35. The van der Waals surface area contributed by atoms with Crippen molar-refractivity contribution in [3.8, 4) is 10.8 Å². The Hall–Kier alpha value is -4.70. The van der Waals surface area contributed by atoms with E-state index in [1.165, 1.54) is 67.8 Å². The molecule has 0 radical (unpaired) electrons. The number of thiophene rings is 1. The number of hydrogen-bond donors (Lipinski definition) is 2. The molecule has 0 saturated heterocycles. The number of carbonyl (C=O) groups is 1. The molecule has 13 nitrogen and oxygen atoms in total. The third-order valence-electron chi connectivity index (χ3n) is 8.25. The van der Waals surface area contributed by atoms with E-state index in [0.717, 1.165) is 21.5 Å². The van der Waals surface area contributed by atoms with E-state index in [1.807, 2.05) is 6.07 Å². The predicted molar refractivity (Wildman–Crippen MR) is 180 cm³/mol. The van der Waals surface area contributed by atoms with Crippen molar-refractivity contribution in [2.75, 3.05) is 20.3 Å². The number of fused-ring (bicyclic) bond motifs is 1. The van der Waals surface area contributed by atoms with Gasteiger partial charge in [0.1, 0.15) is 39.6 Å². The summed E-state index contributed by atoms with van der Waals surface area (Å²) >= 11 is 1.09. The number of aryl methyl sites for hydroxylation is 1. The van der Waals surface area contributed by atoms with Gasteiger partial charge >= 0.3 is 11.7 Å². The predicted octanol–water partition coefficient (Wildman–Crippen LogP) is 3.63. The molecule has 5 rings (SSSR count). The highest BCUT2D eigenvalue weighted by Gasteiger charge is 2.38. The second-order valence-electron chi connectivity index (χ2n) is 12.3. The van der Waals surface area contributed by atoms with Gasteiger partial charge < -0.3 is 24.4 Å². The van der Waals surface area contributed by atoms with Gasteiger partial charge in [0, 0.05) is 17.5 Å². The first-order chi connectivity index (χ1) is 23.3. The molecule has 0 amide bonds. The third-order valence-corrected chi connectivity index (χ3v) is 9.53. The Morgan fingerprint density at radius 1 is 1.08 bits per heavy atom. The average Bonchev–Trinajstić information content (AvgIpc) is 3.73. The van der Waals surface area contributed by atoms with Crippen molar-refractivity contribution in [1.29, 1.82) is 0 Å². The molecule has 15 heteroatoms. The number of benzene rings is 2. The molecule has 0 fully saturated rings. The fourth-order valence-electron chi connectivity index (χ4n) is 5.35. The van der Waals surface area contributed by atoms with Crippen molar-refractivity contribution in [2.45, 2.75) is 64.5 Å². The maximum Gasteiger partial charge on any atom is 0.333 e. The number of carbonyl (C=O) groups excluding carboxylic acids is 1. The maximum atomic E-state index is 14.7. The molecule has 2 N–H and O–H groups in total. The number of ether oxygens (including phenoxy) is 3. The number of aliphatic hydroxyl groups is 2. The number of hydrogen-bond acceptors (Lipinski definition) is 11. The van der Waals surface area contributed by atoms with Crippen LogP contribution in [0.5, 0.6) is 5.75 Å². The molecule has 0 spiro atoms. The lowest BCUT2D eigenvalue weighted by atomic mass is 10.0. The smallest absolute Gasteiger partial charge is 0.333 e.